The van der Waals surface area contributed by atoms with E-state index in [1.54, 1.807) is 6.07 Å². The summed E-state index contributed by atoms with van der Waals surface area (Å²) in [4.78, 5) is 17.0. The predicted molar refractivity (Wildman–Crippen MR) is 88.5 cm³/mol. The van der Waals surface area contributed by atoms with Crippen LogP contribution in [0.5, 0.6) is 0 Å². The van der Waals surface area contributed by atoms with Crippen LogP contribution in [0, 0.1) is 0 Å². The van der Waals surface area contributed by atoms with Crippen molar-refractivity contribution in [2.45, 2.75) is 38.1 Å². The zero-order valence-corrected chi connectivity index (χ0v) is 12.9. The van der Waals surface area contributed by atoms with Gasteiger partial charge in [-0.1, -0.05) is 31.4 Å². The number of carbonyl (C=O) groups is 1. The number of amides is 1. The maximum atomic E-state index is 12.4. The van der Waals surface area contributed by atoms with E-state index in [1.165, 1.54) is 31.8 Å². The number of nitrogens with zero attached hydrogens (tertiary/aromatic N) is 2. The van der Waals surface area contributed by atoms with E-state index in [9.17, 15) is 4.79 Å². The SMILES string of the molecule is O=C(Nc1nc2ccccc2n1C1CCCCC1)c1ccoc1. The summed E-state index contributed by atoms with van der Waals surface area (Å²) in [6.45, 7) is 0. The lowest BCUT2D eigenvalue weighted by atomic mass is 9.95. The first-order valence-corrected chi connectivity index (χ1v) is 8.13. The lowest BCUT2D eigenvalue weighted by molar-refractivity contribution is 0.102. The third-order valence-electron chi connectivity index (χ3n) is 4.54. The first-order chi connectivity index (χ1) is 11.3. The highest BCUT2D eigenvalue weighted by molar-refractivity contribution is 6.03. The van der Waals surface area contributed by atoms with Gasteiger partial charge in [0.05, 0.1) is 22.9 Å². The van der Waals surface area contributed by atoms with Crippen molar-refractivity contribution in [2.75, 3.05) is 5.32 Å². The number of carbonyl (C=O) groups excluding carboxylic acids is 1. The monoisotopic (exact) mass is 309 g/mol. The Morgan fingerprint density at radius 2 is 2.00 bits per heavy atom. The second-order valence-electron chi connectivity index (χ2n) is 6.05. The van der Waals surface area contributed by atoms with E-state index in [0.717, 1.165) is 23.9 Å². The van der Waals surface area contributed by atoms with Crippen LogP contribution in [0.15, 0.2) is 47.3 Å². The molecule has 1 fully saturated rings. The van der Waals surface area contributed by atoms with E-state index in [0.29, 0.717) is 17.6 Å². The number of benzene rings is 1. The van der Waals surface area contributed by atoms with Gasteiger partial charge in [-0.05, 0) is 31.0 Å². The van der Waals surface area contributed by atoms with Crippen LogP contribution in [0.3, 0.4) is 0 Å². The molecule has 1 aliphatic carbocycles. The molecule has 118 valence electrons. The third kappa shape index (κ3) is 2.63. The lowest BCUT2D eigenvalue weighted by Crippen LogP contribution is -2.19. The molecular formula is C18H19N3O2. The van der Waals surface area contributed by atoms with Gasteiger partial charge in [-0.2, -0.15) is 0 Å². The summed E-state index contributed by atoms with van der Waals surface area (Å²) < 4.78 is 7.19. The molecular weight excluding hydrogens is 290 g/mol. The minimum Gasteiger partial charge on any atom is -0.472 e. The Balaban J connectivity index is 1.74. The number of nitrogens with one attached hydrogen (secondary N) is 1. The van der Waals surface area contributed by atoms with Crippen LogP contribution in [0.2, 0.25) is 0 Å². The lowest BCUT2D eigenvalue weighted by Gasteiger charge is -2.25. The van der Waals surface area contributed by atoms with Gasteiger partial charge in [0.25, 0.3) is 5.91 Å². The number of imidazole rings is 1. The summed E-state index contributed by atoms with van der Waals surface area (Å²) in [6, 6.07) is 10.1. The van der Waals surface area contributed by atoms with Gasteiger partial charge in [-0.3, -0.25) is 10.1 Å². The van der Waals surface area contributed by atoms with Crippen molar-refractivity contribution >= 4 is 22.9 Å². The number of furan rings is 1. The van der Waals surface area contributed by atoms with Gasteiger partial charge in [0, 0.05) is 6.04 Å². The molecule has 0 spiro atoms. The number of para-hydroxylation sites is 2. The van der Waals surface area contributed by atoms with Gasteiger partial charge in [0.1, 0.15) is 6.26 Å². The van der Waals surface area contributed by atoms with E-state index in [4.69, 9.17) is 4.42 Å². The molecule has 23 heavy (non-hydrogen) atoms. The fourth-order valence-corrected chi connectivity index (χ4v) is 3.41. The molecule has 1 aliphatic rings. The summed E-state index contributed by atoms with van der Waals surface area (Å²) in [6.07, 6.45) is 8.96. The summed E-state index contributed by atoms with van der Waals surface area (Å²) in [7, 11) is 0. The number of aromatic nitrogens is 2. The van der Waals surface area contributed by atoms with Crippen LogP contribution >= 0.6 is 0 Å². The Bertz CT molecular complexity index is 814. The van der Waals surface area contributed by atoms with E-state index in [2.05, 4.69) is 20.9 Å². The van der Waals surface area contributed by atoms with Gasteiger partial charge in [0.2, 0.25) is 5.95 Å². The topological polar surface area (TPSA) is 60.1 Å². The Kier molecular flexibility index (Phi) is 3.61. The molecule has 1 N–H and O–H groups in total. The molecule has 2 aromatic heterocycles. The standard InChI is InChI=1S/C18H19N3O2/c22-17(13-10-11-23-12-13)20-18-19-15-8-4-5-9-16(15)21(18)14-6-2-1-3-7-14/h4-5,8-12,14H,1-3,6-7H2,(H,19,20,22). The summed E-state index contributed by atoms with van der Waals surface area (Å²) >= 11 is 0. The van der Waals surface area contributed by atoms with Crippen molar-refractivity contribution in [2.24, 2.45) is 0 Å². The normalized spacial score (nSPS) is 15.8. The molecule has 3 aromatic rings. The molecule has 4 rings (SSSR count). The predicted octanol–water partition coefficient (Wildman–Crippen LogP) is 4.39. The third-order valence-corrected chi connectivity index (χ3v) is 4.54. The largest absolute Gasteiger partial charge is 0.472 e. The molecule has 1 aromatic carbocycles. The molecule has 0 saturated heterocycles. The van der Waals surface area contributed by atoms with Crippen LogP contribution in [-0.4, -0.2) is 15.5 Å². The molecule has 2 heterocycles. The fraction of sp³-hybridized carbons (Fsp3) is 0.333. The highest BCUT2D eigenvalue weighted by Crippen LogP contribution is 2.34. The summed E-state index contributed by atoms with van der Waals surface area (Å²) in [5.74, 6) is 0.440. The van der Waals surface area contributed by atoms with Crippen LogP contribution < -0.4 is 5.32 Å². The van der Waals surface area contributed by atoms with Gasteiger partial charge < -0.3 is 8.98 Å². The second-order valence-corrected chi connectivity index (χ2v) is 6.05. The van der Waals surface area contributed by atoms with Crippen molar-refractivity contribution in [3.8, 4) is 0 Å². The number of rotatable bonds is 3. The molecule has 1 saturated carbocycles. The number of hydrogen-bond donors (Lipinski definition) is 1. The molecule has 0 radical (unpaired) electrons. The Morgan fingerprint density at radius 1 is 1.17 bits per heavy atom. The number of fused-ring (bicyclic) bond motifs is 1. The zero-order valence-electron chi connectivity index (χ0n) is 12.9. The summed E-state index contributed by atoms with van der Waals surface area (Å²) in [5, 5.41) is 2.95. The van der Waals surface area contributed by atoms with Gasteiger partial charge >= 0.3 is 0 Å². The van der Waals surface area contributed by atoms with Gasteiger partial charge in [0.15, 0.2) is 0 Å². The highest BCUT2D eigenvalue weighted by atomic mass is 16.3. The van der Waals surface area contributed by atoms with E-state index in [1.807, 2.05) is 18.2 Å². The second kappa shape index (κ2) is 5.91. The van der Waals surface area contributed by atoms with Crippen LogP contribution in [-0.2, 0) is 0 Å². The van der Waals surface area contributed by atoms with Gasteiger partial charge in [-0.15, -0.1) is 0 Å². The number of anilines is 1. The van der Waals surface area contributed by atoms with Crippen LogP contribution in [0.25, 0.3) is 11.0 Å². The van der Waals surface area contributed by atoms with Crippen LogP contribution in [0.4, 0.5) is 5.95 Å². The highest BCUT2D eigenvalue weighted by Gasteiger charge is 2.22. The average molecular weight is 309 g/mol. The summed E-state index contributed by atoms with van der Waals surface area (Å²) in [5.41, 5.74) is 2.51. The first kappa shape index (κ1) is 14.1. The van der Waals surface area contributed by atoms with Crippen molar-refractivity contribution in [1.82, 2.24) is 9.55 Å². The van der Waals surface area contributed by atoms with Crippen LogP contribution in [0.1, 0.15) is 48.5 Å². The molecule has 5 nitrogen and oxygen atoms in total. The van der Waals surface area contributed by atoms with E-state index < -0.39 is 0 Å². The van der Waals surface area contributed by atoms with E-state index in [-0.39, 0.29) is 5.91 Å². The maximum Gasteiger partial charge on any atom is 0.261 e. The fourth-order valence-electron chi connectivity index (χ4n) is 3.41. The zero-order chi connectivity index (χ0) is 15.6. The Morgan fingerprint density at radius 3 is 2.78 bits per heavy atom. The first-order valence-electron chi connectivity index (χ1n) is 8.13. The molecule has 1 amide bonds. The van der Waals surface area contributed by atoms with Crippen molar-refractivity contribution in [1.29, 1.82) is 0 Å². The minimum atomic E-state index is -0.189. The van der Waals surface area contributed by atoms with Crippen molar-refractivity contribution in [3.05, 3.63) is 48.4 Å². The minimum absolute atomic E-state index is 0.189. The van der Waals surface area contributed by atoms with Crippen molar-refractivity contribution < 1.29 is 9.21 Å². The Labute approximate surface area is 134 Å². The molecule has 0 bridgehead atoms. The molecule has 0 aliphatic heterocycles. The quantitative estimate of drug-likeness (QED) is 0.780. The van der Waals surface area contributed by atoms with E-state index >= 15 is 0 Å². The smallest absolute Gasteiger partial charge is 0.261 e. The van der Waals surface area contributed by atoms with Crippen molar-refractivity contribution in [3.63, 3.8) is 0 Å². The van der Waals surface area contributed by atoms with Gasteiger partial charge in [-0.25, -0.2) is 4.98 Å². The maximum absolute atomic E-state index is 12.4. The number of hydrogen-bond acceptors (Lipinski definition) is 3. The molecule has 5 heteroatoms. The molecule has 0 atom stereocenters. The average Bonchev–Trinajstić information content (AvgIpc) is 3.23. The molecule has 0 unspecified atom stereocenters. The Hall–Kier alpha value is -2.56.